The summed E-state index contributed by atoms with van der Waals surface area (Å²) in [6.45, 7) is 5.26. The molecule has 0 radical (unpaired) electrons. The molecular formula is C13H23N5O3. The van der Waals surface area contributed by atoms with E-state index >= 15 is 0 Å². The van der Waals surface area contributed by atoms with E-state index in [9.17, 15) is 10.1 Å². The average molecular weight is 297 g/mol. The molecule has 1 unspecified atom stereocenters. The maximum Gasteiger partial charge on any atom is 0.329 e. The molecule has 0 bridgehead atoms. The molecule has 0 spiro atoms. The maximum absolute atomic E-state index is 11.0. The molecule has 1 atom stereocenters. The highest BCUT2D eigenvalue weighted by Gasteiger charge is 2.18. The van der Waals surface area contributed by atoms with Crippen LogP contribution >= 0.6 is 0 Å². The Morgan fingerprint density at radius 1 is 1.38 bits per heavy atom. The number of anilines is 2. The Morgan fingerprint density at radius 2 is 2.14 bits per heavy atom. The van der Waals surface area contributed by atoms with Gasteiger partial charge in [-0.15, -0.1) is 0 Å². The SMILES string of the molecule is CCCC(CCO)CNc1nc(NCC)ncc1[N+](=O)[O-]. The summed E-state index contributed by atoms with van der Waals surface area (Å²) in [4.78, 5) is 18.6. The predicted molar refractivity (Wildman–Crippen MR) is 81.4 cm³/mol. The van der Waals surface area contributed by atoms with Gasteiger partial charge in [-0.2, -0.15) is 4.98 Å². The maximum atomic E-state index is 11.0. The largest absolute Gasteiger partial charge is 0.396 e. The summed E-state index contributed by atoms with van der Waals surface area (Å²) in [6.07, 6.45) is 3.82. The molecule has 8 heteroatoms. The summed E-state index contributed by atoms with van der Waals surface area (Å²) >= 11 is 0. The van der Waals surface area contributed by atoms with Crippen LogP contribution in [0.1, 0.15) is 33.1 Å². The fourth-order valence-corrected chi connectivity index (χ4v) is 2.06. The lowest BCUT2D eigenvalue weighted by Gasteiger charge is -2.16. The zero-order valence-corrected chi connectivity index (χ0v) is 12.5. The third kappa shape index (κ3) is 5.50. The van der Waals surface area contributed by atoms with Crippen LogP contribution in [0.5, 0.6) is 0 Å². The van der Waals surface area contributed by atoms with Crippen molar-refractivity contribution in [3.63, 3.8) is 0 Å². The van der Waals surface area contributed by atoms with Crippen molar-refractivity contribution in [2.45, 2.75) is 33.1 Å². The van der Waals surface area contributed by atoms with E-state index in [0.717, 1.165) is 12.8 Å². The van der Waals surface area contributed by atoms with Crippen molar-refractivity contribution in [2.24, 2.45) is 5.92 Å². The Kier molecular flexibility index (Phi) is 7.38. The Balaban J connectivity index is 2.82. The first-order valence-corrected chi connectivity index (χ1v) is 7.22. The minimum Gasteiger partial charge on any atom is -0.396 e. The second kappa shape index (κ2) is 9.06. The number of rotatable bonds is 10. The van der Waals surface area contributed by atoms with Crippen molar-refractivity contribution in [1.82, 2.24) is 9.97 Å². The standard InChI is InChI=1S/C13H23N5O3/c1-3-5-10(6-7-19)8-15-12-11(18(20)21)9-16-13(17-12)14-4-2/h9-10,19H,3-8H2,1-2H3,(H2,14,15,16,17). The lowest BCUT2D eigenvalue weighted by atomic mass is 10.0. The van der Waals surface area contributed by atoms with Crippen molar-refractivity contribution in [1.29, 1.82) is 0 Å². The van der Waals surface area contributed by atoms with Gasteiger partial charge in [0, 0.05) is 19.7 Å². The van der Waals surface area contributed by atoms with Gasteiger partial charge in [-0.1, -0.05) is 13.3 Å². The molecule has 21 heavy (non-hydrogen) atoms. The van der Waals surface area contributed by atoms with E-state index in [1.165, 1.54) is 6.20 Å². The summed E-state index contributed by atoms with van der Waals surface area (Å²) in [5, 5.41) is 26.0. The lowest BCUT2D eigenvalue weighted by molar-refractivity contribution is -0.384. The van der Waals surface area contributed by atoms with Crippen LogP contribution < -0.4 is 10.6 Å². The highest BCUT2D eigenvalue weighted by molar-refractivity contribution is 5.56. The van der Waals surface area contributed by atoms with Gasteiger partial charge < -0.3 is 15.7 Å². The second-order valence-corrected chi connectivity index (χ2v) is 4.76. The molecule has 1 aromatic heterocycles. The van der Waals surface area contributed by atoms with Crippen LogP contribution in [0.2, 0.25) is 0 Å². The number of aliphatic hydroxyl groups is 1. The van der Waals surface area contributed by atoms with Gasteiger partial charge in [-0.05, 0) is 25.7 Å². The molecule has 8 nitrogen and oxygen atoms in total. The fraction of sp³-hybridized carbons (Fsp3) is 0.692. The summed E-state index contributed by atoms with van der Waals surface area (Å²) in [7, 11) is 0. The monoisotopic (exact) mass is 297 g/mol. The minimum absolute atomic E-state index is 0.112. The zero-order valence-electron chi connectivity index (χ0n) is 12.5. The third-order valence-corrected chi connectivity index (χ3v) is 3.09. The first kappa shape index (κ1) is 17.1. The van der Waals surface area contributed by atoms with Crippen LogP contribution in [-0.4, -0.2) is 39.7 Å². The summed E-state index contributed by atoms with van der Waals surface area (Å²) in [5.74, 6) is 0.835. The van der Waals surface area contributed by atoms with E-state index in [-0.39, 0.29) is 24.0 Å². The van der Waals surface area contributed by atoms with Crippen LogP contribution in [0.25, 0.3) is 0 Å². The number of hydrogen-bond acceptors (Lipinski definition) is 7. The van der Waals surface area contributed by atoms with E-state index < -0.39 is 4.92 Å². The van der Waals surface area contributed by atoms with E-state index in [1.54, 1.807) is 0 Å². The van der Waals surface area contributed by atoms with Crippen molar-refractivity contribution in [3.8, 4) is 0 Å². The molecule has 0 amide bonds. The predicted octanol–water partition coefficient (Wildman–Crippen LogP) is 2.03. The van der Waals surface area contributed by atoms with Crippen molar-refractivity contribution >= 4 is 17.5 Å². The van der Waals surface area contributed by atoms with E-state index in [1.807, 2.05) is 6.92 Å². The smallest absolute Gasteiger partial charge is 0.329 e. The Morgan fingerprint density at radius 3 is 2.71 bits per heavy atom. The summed E-state index contributed by atoms with van der Waals surface area (Å²) in [6, 6.07) is 0. The molecule has 0 saturated heterocycles. The molecule has 1 rings (SSSR count). The fourth-order valence-electron chi connectivity index (χ4n) is 2.06. The molecule has 1 heterocycles. The highest BCUT2D eigenvalue weighted by atomic mass is 16.6. The first-order chi connectivity index (χ1) is 10.1. The molecule has 0 aliphatic heterocycles. The average Bonchev–Trinajstić information content (AvgIpc) is 2.45. The summed E-state index contributed by atoms with van der Waals surface area (Å²) < 4.78 is 0. The van der Waals surface area contributed by atoms with E-state index in [0.29, 0.717) is 25.5 Å². The van der Waals surface area contributed by atoms with Crippen molar-refractivity contribution in [3.05, 3.63) is 16.3 Å². The van der Waals surface area contributed by atoms with Crippen LogP contribution in [0.3, 0.4) is 0 Å². The lowest BCUT2D eigenvalue weighted by Crippen LogP contribution is -2.18. The van der Waals surface area contributed by atoms with Crippen LogP contribution in [0, 0.1) is 16.0 Å². The topological polar surface area (TPSA) is 113 Å². The van der Waals surface area contributed by atoms with Crippen LogP contribution in [-0.2, 0) is 0 Å². The number of nitrogens with one attached hydrogen (secondary N) is 2. The van der Waals surface area contributed by atoms with Crippen LogP contribution in [0.4, 0.5) is 17.5 Å². The van der Waals surface area contributed by atoms with Crippen molar-refractivity contribution in [2.75, 3.05) is 30.3 Å². The number of nitrogens with zero attached hydrogens (tertiary/aromatic N) is 3. The molecule has 0 aliphatic carbocycles. The van der Waals surface area contributed by atoms with Gasteiger partial charge in [0.05, 0.1) is 4.92 Å². The number of aliphatic hydroxyl groups excluding tert-OH is 1. The zero-order chi connectivity index (χ0) is 15.7. The minimum atomic E-state index is -0.501. The Hall–Kier alpha value is -1.96. The van der Waals surface area contributed by atoms with Gasteiger partial charge in [-0.3, -0.25) is 10.1 Å². The third-order valence-electron chi connectivity index (χ3n) is 3.09. The molecule has 3 N–H and O–H groups in total. The first-order valence-electron chi connectivity index (χ1n) is 7.22. The Labute approximate surface area is 124 Å². The molecular weight excluding hydrogens is 274 g/mol. The summed E-state index contributed by atoms with van der Waals surface area (Å²) in [5.41, 5.74) is -0.143. The van der Waals surface area contributed by atoms with Gasteiger partial charge in [0.25, 0.3) is 0 Å². The van der Waals surface area contributed by atoms with E-state index in [4.69, 9.17) is 5.11 Å². The highest BCUT2D eigenvalue weighted by Crippen LogP contribution is 2.23. The van der Waals surface area contributed by atoms with Crippen LogP contribution in [0.15, 0.2) is 6.20 Å². The number of hydrogen-bond donors (Lipinski definition) is 3. The van der Waals surface area contributed by atoms with Gasteiger partial charge in [0.15, 0.2) is 0 Å². The molecule has 1 aromatic rings. The van der Waals surface area contributed by atoms with E-state index in [2.05, 4.69) is 27.5 Å². The van der Waals surface area contributed by atoms with Gasteiger partial charge >= 0.3 is 5.69 Å². The normalized spacial score (nSPS) is 12.0. The molecule has 0 saturated carbocycles. The number of nitro groups is 1. The van der Waals surface area contributed by atoms with Gasteiger partial charge in [0.2, 0.25) is 11.8 Å². The second-order valence-electron chi connectivity index (χ2n) is 4.76. The molecule has 0 aromatic carbocycles. The van der Waals surface area contributed by atoms with Gasteiger partial charge in [-0.25, -0.2) is 4.98 Å². The quantitative estimate of drug-likeness (QED) is 0.447. The number of aromatic nitrogens is 2. The molecule has 118 valence electrons. The van der Waals surface area contributed by atoms with Crippen molar-refractivity contribution < 1.29 is 10.0 Å². The van der Waals surface area contributed by atoms with Gasteiger partial charge in [0.1, 0.15) is 6.20 Å². The molecule has 0 fully saturated rings. The molecule has 0 aliphatic rings. The Bertz CT molecular complexity index is 449.